The molecule has 1 heteroatoms. The molecule has 0 bridgehead atoms. The predicted molar refractivity (Wildman–Crippen MR) is 42.9 cm³/mol. The third kappa shape index (κ3) is 0.800. The molecule has 0 saturated heterocycles. The van der Waals surface area contributed by atoms with E-state index in [0.717, 1.165) is 17.4 Å². The zero-order valence-electron chi connectivity index (χ0n) is 6.98. The fourth-order valence-electron chi connectivity index (χ4n) is 2.94. The van der Waals surface area contributed by atoms with Crippen molar-refractivity contribution in [2.24, 2.45) is 11.3 Å². The highest BCUT2D eigenvalue weighted by Gasteiger charge is 2.50. The van der Waals surface area contributed by atoms with Gasteiger partial charge in [0.1, 0.15) is 0 Å². The summed E-state index contributed by atoms with van der Waals surface area (Å²) in [4.78, 5) is 0. The lowest BCUT2D eigenvalue weighted by Crippen LogP contribution is -2.53. The zero-order chi connectivity index (χ0) is 7.19. The lowest BCUT2D eigenvalue weighted by Gasteiger charge is -2.57. The van der Waals surface area contributed by atoms with Crippen LogP contribution >= 0.6 is 0 Å². The van der Waals surface area contributed by atoms with Gasteiger partial charge < -0.3 is 5.32 Å². The fraction of sp³-hybridized carbons (Fsp3) is 1.00. The van der Waals surface area contributed by atoms with E-state index < -0.39 is 0 Å². The van der Waals surface area contributed by atoms with E-state index in [4.69, 9.17) is 0 Å². The molecule has 10 heavy (non-hydrogen) atoms. The first-order valence-electron chi connectivity index (χ1n) is 4.41. The molecule has 0 amide bonds. The van der Waals surface area contributed by atoms with Gasteiger partial charge in [0.15, 0.2) is 0 Å². The SMILES string of the molecule is CNC1CC2(CC(C)C2)C1. The van der Waals surface area contributed by atoms with Crippen molar-refractivity contribution in [1.29, 1.82) is 0 Å². The second kappa shape index (κ2) is 1.97. The molecule has 1 nitrogen and oxygen atoms in total. The molecule has 0 heterocycles. The first-order chi connectivity index (χ1) is 4.74. The molecule has 2 aliphatic rings. The van der Waals surface area contributed by atoms with Crippen molar-refractivity contribution in [1.82, 2.24) is 5.32 Å². The third-order valence-electron chi connectivity index (χ3n) is 3.33. The van der Waals surface area contributed by atoms with Crippen LogP contribution in [0.3, 0.4) is 0 Å². The maximum Gasteiger partial charge on any atom is 0.00746 e. The van der Waals surface area contributed by atoms with Gasteiger partial charge in [-0.1, -0.05) is 6.92 Å². The van der Waals surface area contributed by atoms with Crippen LogP contribution in [0, 0.1) is 11.3 Å². The van der Waals surface area contributed by atoms with Crippen LogP contribution in [-0.4, -0.2) is 13.1 Å². The Morgan fingerprint density at radius 2 is 1.80 bits per heavy atom. The van der Waals surface area contributed by atoms with Crippen LogP contribution in [0.5, 0.6) is 0 Å². The van der Waals surface area contributed by atoms with Gasteiger partial charge in [-0.2, -0.15) is 0 Å². The molecule has 0 radical (unpaired) electrons. The molecule has 0 aromatic heterocycles. The smallest absolute Gasteiger partial charge is 0.00746 e. The second-order valence-electron chi connectivity index (χ2n) is 4.41. The first-order valence-corrected chi connectivity index (χ1v) is 4.41. The summed E-state index contributed by atoms with van der Waals surface area (Å²) >= 11 is 0. The standard InChI is InChI=1S/C9H17N/c1-7-3-9(4-7)5-8(6-9)10-2/h7-8,10H,3-6H2,1-2H3. The van der Waals surface area contributed by atoms with E-state index in [2.05, 4.69) is 19.3 Å². The van der Waals surface area contributed by atoms with Crippen LogP contribution in [0.2, 0.25) is 0 Å². The highest BCUT2D eigenvalue weighted by molar-refractivity contribution is 5.04. The highest BCUT2D eigenvalue weighted by atomic mass is 14.9. The quantitative estimate of drug-likeness (QED) is 0.584. The van der Waals surface area contributed by atoms with Gasteiger partial charge in [0, 0.05) is 6.04 Å². The molecule has 58 valence electrons. The molecule has 0 aliphatic heterocycles. The average Bonchev–Trinajstić information content (AvgIpc) is 1.74. The molecular formula is C9H17N. The molecular weight excluding hydrogens is 122 g/mol. The third-order valence-corrected chi connectivity index (χ3v) is 3.33. The second-order valence-corrected chi connectivity index (χ2v) is 4.41. The normalized spacial score (nSPS) is 52.2. The molecule has 2 saturated carbocycles. The van der Waals surface area contributed by atoms with Gasteiger partial charge in [-0.05, 0) is 44.1 Å². The molecule has 1 spiro atoms. The Kier molecular flexibility index (Phi) is 1.31. The van der Waals surface area contributed by atoms with Crippen molar-refractivity contribution in [3.05, 3.63) is 0 Å². The highest BCUT2D eigenvalue weighted by Crippen LogP contribution is 2.58. The van der Waals surface area contributed by atoms with Crippen LogP contribution in [-0.2, 0) is 0 Å². The van der Waals surface area contributed by atoms with Gasteiger partial charge in [0.2, 0.25) is 0 Å². The van der Waals surface area contributed by atoms with Crippen molar-refractivity contribution < 1.29 is 0 Å². The number of nitrogens with one attached hydrogen (secondary N) is 1. The van der Waals surface area contributed by atoms with E-state index in [0.29, 0.717) is 0 Å². The van der Waals surface area contributed by atoms with Crippen LogP contribution in [0.25, 0.3) is 0 Å². The summed E-state index contributed by atoms with van der Waals surface area (Å²) < 4.78 is 0. The number of hydrogen-bond acceptors (Lipinski definition) is 1. The Morgan fingerprint density at radius 3 is 2.20 bits per heavy atom. The minimum Gasteiger partial charge on any atom is -0.317 e. The van der Waals surface area contributed by atoms with E-state index in [9.17, 15) is 0 Å². The van der Waals surface area contributed by atoms with E-state index in [1.807, 2.05) is 0 Å². The topological polar surface area (TPSA) is 12.0 Å². The van der Waals surface area contributed by atoms with Crippen molar-refractivity contribution >= 4 is 0 Å². The molecule has 1 N–H and O–H groups in total. The molecule has 0 atom stereocenters. The van der Waals surface area contributed by atoms with Gasteiger partial charge in [-0.3, -0.25) is 0 Å². The number of hydrogen-bond donors (Lipinski definition) is 1. The number of rotatable bonds is 1. The average molecular weight is 139 g/mol. The Hall–Kier alpha value is -0.0400. The van der Waals surface area contributed by atoms with Gasteiger partial charge in [0.25, 0.3) is 0 Å². The zero-order valence-corrected chi connectivity index (χ0v) is 6.98. The van der Waals surface area contributed by atoms with Gasteiger partial charge in [0.05, 0.1) is 0 Å². The van der Waals surface area contributed by atoms with Crippen molar-refractivity contribution in [3.8, 4) is 0 Å². The maximum absolute atomic E-state index is 3.34. The summed E-state index contributed by atoms with van der Waals surface area (Å²) in [5.41, 5.74) is 0.826. The lowest BCUT2D eigenvalue weighted by atomic mass is 9.50. The molecule has 2 rings (SSSR count). The van der Waals surface area contributed by atoms with E-state index in [-0.39, 0.29) is 0 Å². The van der Waals surface area contributed by atoms with E-state index in [1.165, 1.54) is 25.7 Å². The Bertz CT molecular complexity index is 128. The summed E-state index contributed by atoms with van der Waals surface area (Å²) in [5.74, 6) is 1.03. The van der Waals surface area contributed by atoms with Crippen LogP contribution < -0.4 is 5.32 Å². The molecule has 0 aromatic carbocycles. The van der Waals surface area contributed by atoms with Gasteiger partial charge >= 0.3 is 0 Å². The summed E-state index contributed by atoms with van der Waals surface area (Å²) in [6.07, 6.45) is 5.91. The monoisotopic (exact) mass is 139 g/mol. The van der Waals surface area contributed by atoms with Gasteiger partial charge in [-0.15, -0.1) is 0 Å². The van der Waals surface area contributed by atoms with Crippen molar-refractivity contribution in [2.75, 3.05) is 7.05 Å². The maximum atomic E-state index is 3.34. The van der Waals surface area contributed by atoms with Crippen molar-refractivity contribution in [2.45, 2.75) is 38.6 Å². The molecule has 2 aliphatic carbocycles. The van der Waals surface area contributed by atoms with Crippen LogP contribution in [0.4, 0.5) is 0 Å². The first kappa shape index (κ1) is 6.66. The minimum atomic E-state index is 0.826. The van der Waals surface area contributed by atoms with Crippen LogP contribution in [0.15, 0.2) is 0 Å². The van der Waals surface area contributed by atoms with E-state index in [1.54, 1.807) is 0 Å². The Morgan fingerprint density at radius 1 is 1.20 bits per heavy atom. The molecule has 2 fully saturated rings. The minimum absolute atomic E-state index is 0.826. The summed E-state index contributed by atoms with van der Waals surface area (Å²) in [7, 11) is 2.08. The fourth-order valence-corrected chi connectivity index (χ4v) is 2.94. The van der Waals surface area contributed by atoms with Crippen LogP contribution in [0.1, 0.15) is 32.6 Å². The van der Waals surface area contributed by atoms with E-state index >= 15 is 0 Å². The van der Waals surface area contributed by atoms with Crippen molar-refractivity contribution in [3.63, 3.8) is 0 Å². The van der Waals surface area contributed by atoms with Gasteiger partial charge in [-0.25, -0.2) is 0 Å². The molecule has 0 aromatic rings. The lowest BCUT2D eigenvalue weighted by molar-refractivity contribution is -0.0401. The summed E-state index contributed by atoms with van der Waals surface area (Å²) in [5, 5.41) is 3.34. The predicted octanol–water partition coefficient (Wildman–Crippen LogP) is 1.78. The Balaban J connectivity index is 1.80. The summed E-state index contributed by atoms with van der Waals surface area (Å²) in [6, 6.07) is 0.854. The molecule has 0 unspecified atom stereocenters. The largest absolute Gasteiger partial charge is 0.317 e. The Labute approximate surface area is 63.2 Å². The summed E-state index contributed by atoms with van der Waals surface area (Å²) in [6.45, 7) is 2.37.